The molecule has 3 rings (SSSR count). The van der Waals surface area contributed by atoms with Crippen LogP contribution < -0.4 is 0 Å². The van der Waals surface area contributed by atoms with Gasteiger partial charge in [-0.25, -0.2) is 4.79 Å². The SMILES string of the molecule is O=C(OCc1ccc([N+](=O)[O-])cc1)C1=CC(=O)C2CCN12. The van der Waals surface area contributed by atoms with E-state index in [4.69, 9.17) is 4.74 Å². The van der Waals surface area contributed by atoms with Crippen molar-refractivity contribution in [1.82, 2.24) is 4.90 Å². The molecule has 0 radical (unpaired) electrons. The molecule has 2 aliphatic heterocycles. The van der Waals surface area contributed by atoms with E-state index in [1.165, 1.54) is 30.3 Å². The van der Waals surface area contributed by atoms with Crippen LogP contribution in [0.25, 0.3) is 0 Å². The summed E-state index contributed by atoms with van der Waals surface area (Å²) in [6.45, 7) is 0.704. The van der Waals surface area contributed by atoms with Gasteiger partial charge in [-0.15, -0.1) is 0 Å². The highest BCUT2D eigenvalue weighted by Crippen LogP contribution is 2.30. The highest BCUT2D eigenvalue weighted by Gasteiger charge is 2.42. The molecule has 1 aromatic carbocycles. The minimum Gasteiger partial charge on any atom is -0.456 e. The summed E-state index contributed by atoms with van der Waals surface area (Å²) in [4.78, 5) is 35.3. The molecule has 108 valence electrons. The van der Waals surface area contributed by atoms with Crippen molar-refractivity contribution in [3.05, 3.63) is 51.7 Å². The van der Waals surface area contributed by atoms with Crippen LogP contribution in [0.5, 0.6) is 0 Å². The zero-order chi connectivity index (χ0) is 15.0. The average Bonchev–Trinajstić information content (AvgIpc) is 2.65. The third-order valence-electron chi connectivity index (χ3n) is 3.66. The van der Waals surface area contributed by atoms with Crippen molar-refractivity contribution in [1.29, 1.82) is 0 Å². The molecule has 7 heteroatoms. The summed E-state index contributed by atoms with van der Waals surface area (Å²) >= 11 is 0. The van der Waals surface area contributed by atoms with Gasteiger partial charge < -0.3 is 9.64 Å². The molecule has 0 amide bonds. The van der Waals surface area contributed by atoms with Gasteiger partial charge in [-0.3, -0.25) is 14.9 Å². The molecule has 1 unspecified atom stereocenters. The van der Waals surface area contributed by atoms with Gasteiger partial charge >= 0.3 is 5.97 Å². The summed E-state index contributed by atoms with van der Waals surface area (Å²) in [5.74, 6) is -0.590. The van der Waals surface area contributed by atoms with Crippen LogP contribution in [0.2, 0.25) is 0 Å². The first-order valence-corrected chi connectivity index (χ1v) is 6.49. The van der Waals surface area contributed by atoms with Crippen molar-refractivity contribution >= 4 is 17.4 Å². The van der Waals surface area contributed by atoms with Crippen molar-refractivity contribution in [2.45, 2.75) is 19.1 Å². The lowest BCUT2D eigenvalue weighted by Gasteiger charge is -2.36. The number of hydrogen-bond donors (Lipinski definition) is 0. The van der Waals surface area contributed by atoms with Crippen LogP contribution in [0.3, 0.4) is 0 Å². The number of benzene rings is 1. The molecule has 0 bridgehead atoms. The molecule has 0 saturated carbocycles. The first-order chi connectivity index (χ1) is 10.1. The molecule has 0 N–H and O–H groups in total. The zero-order valence-corrected chi connectivity index (χ0v) is 11.0. The summed E-state index contributed by atoms with van der Waals surface area (Å²) in [7, 11) is 0. The van der Waals surface area contributed by atoms with Gasteiger partial charge in [0.05, 0.1) is 11.0 Å². The normalized spacial score (nSPS) is 19.6. The lowest BCUT2D eigenvalue weighted by molar-refractivity contribution is -0.384. The van der Waals surface area contributed by atoms with Gasteiger partial charge in [-0.05, 0) is 24.1 Å². The summed E-state index contributed by atoms with van der Waals surface area (Å²) in [6, 6.07) is 5.59. The molecule has 0 aliphatic carbocycles. The Balaban J connectivity index is 1.60. The smallest absolute Gasteiger partial charge is 0.355 e. The Morgan fingerprint density at radius 3 is 2.62 bits per heavy atom. The number of nitro groups is 1. The molecular weight excluding hydrogens is 276 g/mol. The van der Waals surface area contributed by atoms with Crippen LogP contribution in [0, 0.1) is 10.1 Å². The summed E-state index contributed by atoms with van der Waals surface area (Å²) in [5.41, 5.74) is 0.940. The van der Waals surface area contributed by atoms with Crippen molar-refractivity contribution < 1.29 is 19.2 Å². The van der Waals surface area contributed by atoms with Gasteiger partial charge in [0.25, 0.3) is 5.69 Å². The van der Waals surface area contributed by atoms with Crippen molar-refractivity contribution in [3.63, 3.8) is 0 Å². The van der Waals surface area contributed by atoms with E-state index >= 15 is 0 Å². The van der Waals surface area contributed by atoms with E-state index in [-0.39, 0.29) is 24.1 Å². The Morgan fingerprint density at radius 2 is 2.10 bits per heavy atom. The van der Waals surface area contributed by atoms with Gasteiger partial charge in [-0.1, -0.05) is 0 Å². The third-order valence-corrected chi connectivity index (χ3v) is 3.66. The molecule has 1 fully saturated rings. The van der Waals surface area contributed by atoms with Gasteiger partial charge in [0.15, 0.2) is 5.78 Å². The minimum absolute atomic E-state index is 0.0147. The Labute approximate surface area is 119 Å². The maximum absolute atomic E-state index is 11.9. The van der Waals surface area contributed by atoms with Crippen LogP contribution in [0.15, 0.2) is 36.0 Å². The van der Waals surface area contributed by atoms with E-state index in [1.54, 1.807) is 4.90 Å². The monoisotopic (exact) mass is 288 g/mol. The molecule has 1 atom stereocenters. The van der Waals surface area contributed by atoms with Crippen molar-refractivity contribution in [3.8, 4) is 0 Å². The molecule has 2 heterocycles. The fourth-order valence-electron chi connectivity index (χ4n) is 2.40. The Morgan fingerprint density at radius 1 is 1.38 bits per heavy atom. The Bertz CT molecular complexity index is 650. The fraction of sp³-hybridized carbons (Fsp3) is 0.286. The number of carbonyl (C=O) groups is 2. The van der Waals surface area contributed by atoms with E-state index in [2.05, 4.69) is 0 Å². The number of non-ortho nitro benzene ring substituents is 1. The number of ether oxygens (including phenoxy) is 1. The molecule has 21 heavy (non-hydrogen) atoms. The first-order valence-electron chi connectivity index (χ1n) is 6.49. The quantitative estimate of drug-likeness (QED) is 0.469. The Kier molecular flexibility index (Phi) is 3.17. The average molecular weight is 288 g/mol. The molecule has 0 aromatic heterocycles. The highest BCUT2D eigenvalue weighted by molar-refractivity contribution is 6.06. The van der Waals surface area contributed by atoms with Gasteiger partial charge in [0.1, 0.15) is 12.3 Å². The van der Waals surface area contributed by atoms with E-state index in [1.807, 2.05) is 0 Å². The van der Waals surface area contributed by atoms with Crippen molar-refractivity contribution in [2.75, 3.05) is 6.54 Å². The predicted molar refractivity (Wildman–Crippen MR) is 71.1 cm³/mol. The Hall–Kier alpha value is -2.70. The van der Waals surface area contributed by atoms with E-state index in [0.717, 1.165) is 6.42 Å². The topological polar surface area (TPSA) is 89.7 Å². The molecule has 0 spiro atoms. The second-order valence-corrected chi connectivity index (χ2v) is 4.93. The molecule has 7 nitrogen and oxygen atoms in total. The van der Waals surface area contributed by atoms with E-state index in [9.17, 15) is 19.7 Å². The number of nitrogens with zero attached hydrogens (tertiary/aromatic N) is 2. The fourth-order valence-corrected chi connectivity index (χ4v) is 2.40. The lowest BCUT2D eigenvalue weighted by atomic mass is 10.0. The van der Waals surface area contributed by atoms with Crippen molar-refractivity contribution in [2.24, 2.45) is 0 Å². The first kappa shape index (κ1) is 13.3. The second kappa shape index (κ2) is 5.01. The minimum atomic E-state index is -0.538. The van der Waals surface area contributed by atoms with E-state index in [0.29, 0.717) is 17.8 Å². The van der Waals surface area contributed by atoms with E-state index < -0.39 is 10.9 Å². The standard InChI is InChI=1S/C14H12N2O5/c17-13-7-12(15-6-5-11(13)15)14(18)21-8-9-1-3-10(4-2-9)16(19)20/h1-4,7,11H,5-6,8H2. The predicted octanol–water partition coefficient (Wildman–Crippen LogP) is 1.18. The number of fused-ring (bicyclic) bond motifs is 1. The summed E-state index contributed by atoms with van der Waals surface area (Å²) in [6.07, 6.45) is 2.10. The van der Waals surface area contributed by atoms with Crippen LogP contribution in [-0.4, -0.2) is 34.2 Å². The maximum atomic E-state index is 11.9. The van der Waals surface area contributed by atoms with Gasteiger partial charge in [0.2, 0.25) is 0 Å². The molecule has 1 aromatic rings. The summed E-state index contributed by atoms with van der Waals surface area (Å²) in [5, 5.41) is 10.5. The number of rotatable bonds is 4. The van der Waals surface area contributed by atoms with Crippen LogP contribution >= 0.6 is 0 Å². The van der Waals surface area contributed by atoms with Gasteiger partial charge in [-0.2, -0.15) is 0 Å². The third kappa shape index (κ3) is 2.37. The highest BCUT2D eigenvalue weighted by atomic mass is 16.6. The number of carbonyl (C=O) groups excluding carboxylic acids is 2. The van der Waals surface area contributed by atoms with Crippen LogP contribution in [0.1, 0.15) is 12.0 Å². The second-order valence-electron chi connectivity index (χ2n) is 4.93. The largest absolute Gasteiger partial charge is 0.456 e. The molecule has 2 aliphatic rings. The molecular formula is C14H12N2O5. The lowest BCUT2D eigenvalue weighted by Crippen LogP contribution is -2.47. The number of esters is 1. The van der Waals surface area contributed by atoms with Crippen LogP contribution in [0.4, 0.5) is 5.69 Å². The number of ketones is 1. The van der Waals surface area contributed by atoms with Crippen LogP contribution in [-0.2, 0) is 20.9 Å². The molecule has 1 saturated heterocycles. The maximum Gasteiger partial charge on any atom is 0.355 e. The zero-order valence-electron chi connectivity index (χ0n) is 11.0. The number of hydrogen-bond acceptors (Lipinski definition) is 6. The number of nitro benzene ring substituents is 1. The van der Waals surface area contributed by atoms with Gasteiger partial charge in [0, 0.05) is 24.8 Å². The summed E-state index contributed by atoms with van der Waals surface area (Å²) < 4.78 is 5.14.